The van der Waals surface area contributed by atoms with Crippen molar-refractivity contribution in [2.75, 3.05) is 0 Å². The lowest BCUT2D eigenvalue weighted by Gasteiger charge is -2.33. The second kappa shape index (κ2) is 14.6. The fraction of sp³-hybridized carbons (Fsp3) is 0.415. The highest BCUT2D eigenvalue weighted by Crippen LogP contribution is 2.40. The molecule has 0 amide bonds. The second-order valence-electron chi connectivity index (χ2n) is 17.6. The number of alkyl halides is 3. The van der Waals surface area contributed by atoms with Crippen molar-refractivity contribution in [2.45, 2.75) is 98.4 Å². The number of hydrogen-bond acceptors (Lipinski definition) is 8. The van der Waals surface area contributed by atoms with E-state index in [1.165, 1.54) is 16.4 Å². The molecule has 0 atom stereocenters. The molecule has 294 valence electrons. The number of benzene rings is 4. The molecule has 0 spiro atoms. The van der Waals surface area contributed by atoms with E-state index >= 15 is 0 Å². The topological polar surface area (TPSA) is 125 Å². The maximum atomic E-state index is 12.9. The van der Waals surface area contributed by atoms with Gasteiger partial charge in [-0.1, -0.05) is 106 Å². The zero-order valence-electron chi connectivity index (χ0n) is 32.9. The Bertz CT molecular complexity index is 2350. The van der Waals surface area contributed by atoms with Gasteiger partial charge in [-0.2, -0.15) is 21.6 Å². The van der Waals surface area contributed by atoms with Crippen molar-refractivity contribution in [1.29, 1.82) is 0 Å². The van der Waals surface area contributed by atoms with Crippen LogP contribution < -0.4 is 4.18 Å². The number of aromatic hydroxyl groups is 1. The summed E-state index contributed by atoms with van der Waals surface area (Å²) in [5, 5.41) is 27.9. The molecular formula is C41H49F3N6O4S. The summed E-state index contributed by atoms with van der Waals surface area (Å²) in [7, 11) is -5.86. The molecule has 55 heavy (non-hydrogen) atoms. The van der Waals surface area contributed by atoms with Gasteiger partial charge in [0.2, 0.25) is 0 Å². The van der Waals surface area contributed by atoms with E-state index in [0.29, 0.717) is 16.7 Å². The fourth-order valence-corrected chi connectivity index (χ4v) is 7.70. The Kier molecular flexibility index (Phi) is 10.9. The maximum absolute atomic E-state index is 12.9. The lowest BCUT2D eigenvalue weighted by Crippen LogP contribution is -2.29. The summed E-state index contributed by atoms with van der Waals surface area (Å²) in [5.74, 6) is -0.321. The first-order chi connectivity index (χ1) is 25.2. The predicted octanol–water partition coefficient (Wildman–Crippen LogP) is 10.2. The van der Waals surface area contributed by atoms with Crippen molar-refractivity contribution in [3.63, 3.8) is 0 Å². The van der Waals surface area contributed by atoms with Crippen LogP contribution in [-0.2, 0) is 20.9 Å². The third-order valence-corrected chi connectivity index (χ3v) is 9.89. The molecular weight excluding hydrogens is 730 g/mol. The van der Waals surface area contributed by atoms with Crippen molar-refractivity contribution in [3.05, 3.63) is 96.1 Å². The van der Waals surface area contributed by atoms with E-state index in [1.807, 2.05) is 50.2 Å². The van der Waals surface area contributed by atoms with Gasteiger partial charge in [0.25, 0.3) is 0 Å². The molecule has 0 aliphatic rings. The first kappa shape index (κ1) is 41.2. The molecule has 6 rings (SSSR count). The molecule has 2 heterocycles. The molecule has 0 radical (unpaired) electrons. The Balaban J connectivity index is 0.000000218. The van der Waals surface area contributed by atoms with E-state index in [1.54, 1.807) is 42.5 Å². The maximum Gasteiger partial charge on any atom is 0.534 e. The summed E-state index contributed by atoms with van der Waals surface area (Å²) >= 11 is 0. The molecule has 2 aromatic heterocycles. The summed E-state index contributed by atoms with van der Waals surface area (Å²) in [6.45, 7) is 21.5. The number of fused-ring (bicyclic) bond motifs is 2. The third kappa shape index (κ3) is 9.83. The first-order valence-electron chi connectivity index (χ1n) is 17.9. The van der Waals surface area contributed by atoms with Crippen molar-refractivity contribution in [2.24, 2.45) is 10.8 Å². The minimum atomic E-state index is -5.86. The van der Waals surface area contributed by atoms with Crippen molar-refractivity contribution in [3.8, 4) is 22.9 Å². The highest BCUT2D eigenvalue weighted by molar-refractivity contribution is 7.88. The Labute approximate surface area is 320 Å². The molecule has 6 aromatic rings. The van der Waals surface area contributed by atoms with Crippen LogP contribution in [0.15, 0.2) is 84.9 Å². The third-order valence-electron chi connectivity index (χ3n) is 8.93. The number of aromatic nitrogens is 6. The van der Waals surface area contributed by atoms with E-state index in [0.717, 1.165) is 34.2 Å². The number of hydrogen-bond donors (Lipinski definition) is 1. The molecule has 0 bridgehead atoms. The summed E-state index contributed by atoms with van der Waals surface area (Å²) in [4.78, 5) is 2.62. The quantitative estimate of drug-likeness (QED) is 0.120. The monoisotopic (exact) mass is 778 g/mol. The fourth-order valence-electron chi connectivity index (χ4n) is 7.23. The molecule has 0 saturated heterocycles. The van der Waals surface area contributed by atoms with Crippen LogP contribution in [0.5, 0.6) is 11.5 Å². The molecule has 10 nitrogen and oxygen atoms in total. The zero-order valence-corrected chi connectivity index (χ0v) is 33.7. The average molecular weight is 779 g/mol. The van der Waals surface area contributed by atoms with Crippen LogP contribution in [0.3, 0.4) is 0 Å². The minimum absolute atomic E-state index is 0.00325. The molecule has 14 heteroatoms. The molecule has 0 saturated carbocycles. The summed E-state index contributed by atoms with van der Waals surface area (Å²) < 4.78 is 66.5. The van der Waals surface area contributed by atoms with Gasteiger partial charge in [0, 0.05) is 0 Å². The highest BCUT2D eigenvalue weighted by Gasteiger charge is 2.49. The normalized spacial score (nSPS) is 13.2. The molecule has 1 N–H and O–H groups in total. The van der Waals surface area contributed by atoms with Crippen LogP contribution in [0.2, 0.25) is 0 Å². The van der Waals surface area contributed by atoms with Gasteiger partial charge in [-0.25, -0.2) is 0 Å². The largest absolute Gasteiger partial charge is 0.534 e. The zero-order chi connectivity index (χ0) is 40.8. The molecule has 0 aliphatic carbocycles. The average Bonchev–Trinajstić information content (AvgIpc) is 3.67. The van der Waals surface area contributed by atoms with Crippen molar-refractivity contribution in [1.82, 2.24) is 30.0 Å². The summed E-state index contributed by atoms with van der Waals surface area (Å²) in [6, 6.07) is 24.7. The highest BCUT2D eigenvalue weighted by atomic mass is 32.2. The van der Waals surface area contributed by atoms with Gasteiger partial charge in [-0.15, -0.1) is 30.0 Å². The second-order valence-corrected chi connectivity index (χ2v) is 19.1. The Morgan fingerprint density at radius 1 is 0.582 bits per heavy atom. The predicted molar refractivity (Wildman–Crippen MR) is 209 cm³/mol. The van der Waals surface area contributed by atoms with Gasteiger partial charge in [-0.05, 0) is 94.2 Å². The molecule has 0 fully saturated rings. The van der Waals surface area contributed by atoms with Gasteiger partial charge in [0.1, 0.15) is 39.2 Å². The first-order valence-corrected chi connectivity index (χ1v) is 19.3. The lowest BCUT2D eigenvalue weighted by molar-refractivity contribution is -0.0500. The van der Waals surface area contributed by atoms with Gasteiger partial charge >= 0.3 is 15.6 Å². The van der Waals surface area contributed by atoms with Crippen LogP contribution in [0, 0.1) is 10.8 Å². The van der Waals surface area contributed by atoms with Crippen LogP contribution in [-0.4, -0.2) is 49.0 Å². The Morgan fingerprint density at radius 2 is 0.945 bits per heavy atom. The number of nitrogens with zero attached hydrogens (tertiary/aromatic N) is 6. The Hall–Kier alpha value is -4.98. The summed E-state index contributed by atoms with van der Waals surface area (Å²) in [5.41, 5.74) is -0.496. The van der Waals surface area contributed by atoms with Gasteiger partial charge in [0.05, 0.1) is 0 Å². The lowest BCUT2D eigenvalue weighted by atomic mass is 9.72. The van der Waals surface area contributed by atoms with Crippen LogP contribution >= 0.6 is 0 Å². The minimum Gasteiger partial charge on any atom is -0.506 e. The number of rotatable bonds is 8. The van der Waals surface area contributed by atoms with E-state index in [-0.39, 0.29) is 33.1 Å². The van der Waals surface area contributed by atoms with Crippen molar-refractivity contribution >= 4 is 32.2 Å². The van der Waals surface area contributed by atoms with Crippen LogP contribution in [0.1, 0.15) is 93.2 Å². The number of halogens is 3. The van der Waals surface area contributed by atoms with Crippen molar-refractivity contribution < 1.29 is 30.9 Å². The van der Waals surface area contributed by atoms with Gasteiger partial charge in [0.15, 0.2) is 5.75 Å². The molecule has 0 unspecified atom stereocenters. The Morgan fingerprint density at radius 3 is 1.33 bits per heavy atom. The smallest absolute Gasteiger partial charge is 0.506 e. The van der Waals surface area contributed by atoms with E-state index in [2.05, 4.69) is 80.0 Å². The van der Waals surface area contributed by atoms with E-state index < -0.39 is 21.4 Å². The number of phenolic OH excluding ortho intramolecular Hbond substituents is 1. The van der Waals surface area contributed by atoms with Gasteiger partial charge < -0.3 is 9.29 Å². The molecule has 4 aromatic carbocycles. The van der Waals surface area contributed by atoms with Crippen LogP contribution in [0.4, 0.5) is 13.2 Å². The van der Waals surface area contributed by atoms with Crippen LogP contribution in [0.25, 0.3) is 33.4 Å². The standard InChI is InChI=1S/C21H24F3N3O3S.C20H25N3O/c1-19(2,3)13-20(4,5)14-10-11-18(30-31(28,29)21(22,23)24)17(12-14)27-25-15-8-6-7-9-16(15)26-27;1-19(2,3)13-20(4,5)14-10-11-18(24)17(12-14)23-21-15-8-6-7-9-16(15)22-23/h6-12H,13H2,1-5H3;6-12,24H,13H2,1-5H3. The van der Waals surface area contributed by atoms with E-state index in [4.69, 9.17) is 0 Å². The number of phenols is 1. The SMILES string of the molecule is CC(C)(C)CC(C)(C)c1ccc(O)c(-n2nc3ccccc3n2)c1.CC(C)(C)CC(C)(C)c1ccc(OS(=O)(=O)C(F)(F)F)c(-n2nc3ccccc3n2)c1. The van der Waals surface area contributed by atoms with E-state index in [9.17, 15) is 26.7 Å². The van der Waals surface area contributed by atoms with Gasteiger partial charge in [-0.3, -0.25) is 0 Å². The summed E-state index contributed by atoms with van der Waals surface area (Å²) in [6.07, 6.45) is 1.81. The molecule has 0 aliphatic heterocycles.